The van der Waals surface area contributed by atoms with Gasteiger partial charge < -0.3 is 10.1 Å². The predicted octanol–water partition coefficient (Wildman–Crippen LogP) is 4.05. The number of nitrogens with one attached hydrogen (secondary N) is 1. The van der Waals surface area contributed by atoms with Gasteiger partial charge in [-0.1, -0.05) is 54.1 Å². The van der Waals surface area contributed by atoms with Gasteiger partial charge in [0.15, 0.2) is 0 Å². The molecule has 0 unspecified atom stereocenters. The molecule has 3 aromatic carbocycles. The summed E-state index contributed by atoms with van der Waals surface area (Å²) in [5.41, 5.74) is 0.470. The average Bonchev–Trinajstić information content (AvgIpc) is 2.82. The number of hydrogen-bond acceptors (Lipinski definition) is 5. The zero-order valence-corrected chi connectivity index (χ0v) is 19.4. The second kappa shape index (κ2) is 9.28. The molecular formula is C24H18ClFN2O5S. The van der Waals surface area contributed by atoms with Crippen molar-refractivity contribution in [1.82, 2.24) is 4.31 Å². The fourth-order valence-electron chi connectivity index (χ4n) is 3.66. The van der Waals surface area contributed by atoms with E-state index in [9.17, 15) is 22.4 Å². The quantitative estimate of drug-likeness (QED) is 0.533. The molecular weight excluding hydrogens is 483 g/mol. The van der Waals surface area contributed by atoms with Gasteiger partial charge in [0.05, 0.1) is 17.7 Å². The summed E-state index contributed by atoms with van der Waals surface area (Å²) in [6, 6.07) is 18.2. The van der Waals surface area contributed by atoms with E-state index in [0.717, 1.165) is 13.2 Å². The van der Waals surface area contributed by atoms with Crippen LogP contribution in [0.4, 0.5) is 10.1 Å². The molecule has 0 saturated heterocycles. The number of esters is 1. The van der Waals surface area contributed by atoms with E-state index in [1.54, 1.807) is 30.3 Å². The number of carbonyl (C=O) groups is 2. The number of ether oxygens (including phenoxy) is 1. The standard InChI is InChI=1S/C24H18ClFN2O5S/c1-33-24(30)23-22(15-7-3-2-4-8-15)17-13-16(25)11-12-20(17)34(31,32)28(23)14-21(29)27-19-10-6-5-9-18(19)26/h2-13H,14H2,1H3,(H,27,29). The maximum Gasteiger partial charge on any atom is 0.356 e. The van der Waals surface area contributed by atoms with Crippen molar-refractivity contribution < 1.29 is 27.1 Å². The minimum Gasteiger partial charge on any atom is -0.464 e. The van der Waals surface area contributed by atoms with E-state index in [0.29, 0.717) is 9.87 Å². The van der Waals surface area contributed by atoms with Gasteiger partial charge in [0.25, 0.3) is 10.0 Å². The number of fused-ring (bicyclic) bond motifs is 1. The Bertz CT molecular complexity index is 1420. The molecule has 0 aliphatic carbocycles. The van der Waals surface area contributed by atoms with Crippen LogP contribution in [-0.4, -0.2) is 38.3 Å². The van der Waals surface area contributed by atoms with Crippen molar-refractivity contribution in [3.63, 3.8) is 0 Å². The molecule has 0 fully saturated rings. The third kappa shape index (κ3) is 4.27. The lowest BCUT2D eigenvalue weighted by atomic mass is 9.95. The Kier molecular flexibility index (Phi) is 6.41. The highest BCUT2D eigenvalue weighted by Gasteiger charge is 2.41. The van der Waals surface area contributed by atoms with Crippen LogP contribution < -0.4 is 5.32 Å². The second-order valence-electron chi connectivity index (χ2n) is 7.26. The van der Waals surface area contributed by atoms with Crippen LogP contribution in [0.5, 0.6) is 0 Å². The van der Waals surface area contributed by atoms with Crippen molar-refractivity contribution in [3.8, 4) is 0 Å². The van der Waals surface area contributed by atoms with Crippen LogP contribution in [0.1, 0.15) is 11.1 Å². The molecule has 10 heteroatoms. The maximum atomic E-state index is 14.0. The summed E-state index contributed by atoms with van der Waals surface area (Å²) in [4.78, 5) is 25.6. The lowest BCUT2D eigenvalue weighted by Crippen LogP contribution is -2.43. The summed E-state index contributed by atoms with van der Waals surface area (Å²) in [6.07, 6.45) is 0. The van der Waals surface area contributed by atoms with E-state index in [1.165, 1.54) is 36.4 Å². The number of nitrogens with zero attached hydrogens (tertiary/aromatic N) is 1. The van der Waals surface area contributed by atoms with Gasteiger partial charge in [0.1, 0.15) is 18.1 Å². The third-order valence-electron chi connectivity index (χ3n) is 5.14. The van der Waals surface area contributed by atoms with Crippen molar-refractivity contribution in [2.45, 2.75) is 4.90 Å². The van der Waals surface area contributed by atoms with Gasteiger partial charge in [-0.3, -0.25) is 4.79 Å². The molecule has 0 bridgehead atoms. The average molecular weight is 501 g/mol. The van der Waals surface area contributed by atoms with E-state index in [4.69, 9.17) is 16.3 Å². The van der Waals surface area contributed by atoms with Gasteiger partial charge in [-0.05, 0) is 35.9 Å². The highest BCUT2D eigenvalue weighted by molar-refractivity contribution is 7.89. The van der Waals surface area contributed by atoms with Gasteiger partial charge in [-0.2, -0.15) is 0 Å². The van der Waals surface area contributed by atoms with Crippen LogP contribution in [0.25, 0.3) is 5.57 Å². The van der Waals surface area contributed by atoms with Crippen LogP contribution in [-0.2, 0) is 24.3 Å². The first-order chi connectivity index (χ1) is 16.2. The van der Waals surface area contributed by atoms with Gasteiger partial charge in [-0.25, -0.2) is 21.9 Å². The number of benzene rings is 3. The van der Waals surface area contributed by atoms with Crippen LogP contribution in [0.15, 0.2) is 83.4 Å². The van der Waals surface area contributed by atoms with E-state index in [-0.39, 0.29) is 32.4 Å². The normalized spacial score (nSPS) is 14.4. The predicted molar refractivity (Wildman–Crippen MR) is 125 cm³/mol. The lowest BCUT2D eigenvalue weighted by Gasteiger charge is -2.32. The Labute approximate surface area is 200 Å². The molecule has 7 nitrogen and oxygen atoms in total. The summed E-state index contributed by atoms with van der Waals surface area (Å²) in [5.74, 6) is -2.50. The van der Waals surface area contributed by atoms with Crippen molar-refractivity contribution in [3.05, 3.63) is 100 Å². The number of carbonyl (C=O) groups excluding carboxylic acids is 2. The number of halogens is 2. The maximum absolute atomic E-state index is 14.0. The summed E-state index contributed by atoms with van der Waals surface area (Å²) in [6.45, 7) is -0.792. The molecule has 0 spiro atoms. The molecule has 0 aromatic heterocycles. The Balaban J connectivity index is 1.91. The first-order valence-corrected chi connectivity index (χ1v) is 11.8. The summed E-state index contributed by atoms with van der Waals surface area (Å²) >= 11 is 6.16. The molecule has 174 valence electrons. The highest BCUT2D eigenvalue weighted by Crippen LogP contribution is 2.41. The summed E-state index contributed by atoms with van der Waals surface area (Å²) in [5, 5.41) is 2.61. The van der Waals surface area contributed by atoms with Crippen LogP contribution in [0.2, 0.25) is 5.02 Å². The van der Waals surface area contributed by atoms with Crippen LogP contribution >= 0.6 is 11.6 Å². The van der Waals surface area contributed by atoms with Crippen molar-refractivity contribution >= 4 is 44.8 Å². The minimum absolute atomic E-state index is 0.124. The van der Waals surface area contributed by atoms with Crippen LogP contribution in [0, 0.1) is 5.82 Å². The number of hydrogen-bond donors (Lipinski definition) is 1. The van der Waals surface area contributed by atoms with Crippen molar-refractivity contribution in [2.75, 3.05) is 19.0 Å². The van der Waals surface area contributed by atoms with Crippen LogP contribution in [0.3, 0.4) is 0 Å². The SMILES string of the molecule is COC(=O)C1=C(c2ccccc2)c2cc(Cl)ccc2S(=O)(=O)N1CC(=O)Nc1ccccc1F. The number of anilines is 1. The van der Waals surface area contributed by atoms with E-state index in [1.807, 2.05) is 0 Å². The Morgan fingerprint density at radius 3 is 2.38 bits per heavy atom. The molecule has 3 aromatic rings. The molecule has 0 atom stereocenters. The van der Waals surface area contributed by atoms with E-state index in [2.05, 4.69) is 5.32 Å². The van der Waals surface area contributed by atoms with Crippen molar-refractivity contribution in [2.24, 2.45) is 0 Å². The van der Waals surface area contributed by atoms with Gasteiger partial charge in [-0.15, -0.1) is 0 Å². The van der Waals surface area contributed by atoms with E-state index < -0.39 is 34.3 Å². The molecule has 1 aliphatic heterocycles. The number of para-hydroxylation sites is 1. The summed E-state index contributed by atoms with van der Waals surface area (Å²) in [7, 11) is -3.27. The zero-order valence-electron chi connectivity index (χ0n) is 17.8. The molecule has 0 saturated carbocycles. The third-order valence-corrected chi connectivity index (χ3v) is 7.18. The fourth-order valence-corrected chi connectivity index (χ4v) is 5.44. The van der Waals surface area contributed by atoms with Gasteiger partial charge in [0.2, 0.25) is 5.91 Å². The first-order valence-electron chi connectivity index (χ1n) is 9.99. The topological polar surface area (TPSA) is 92.8 Å². The summed E-state index contributed by atoms with van der Waals surface area (Å²) < 4.78 is 46.7. The number of methoxy groups -OCH3 is 1. The number of sulfonamides is 1. The number of rotatable bonds is 5. The highest BCUT2D eigenvalue weighted by atomic mass is 35.5. The van der Waals surface area contributed by atoms with Gasteiger partial charge in [0, 0.05) is 16.2 Å². The minimum atomic E-state index is -4.38. The largest absolute Gasteiger partial charge is 0.464 e. The molecule has 1 aliphatic rings. The first kappa shape index (κ1) is 23.5. The second-order valence-corrected chi connectivity index (χ2v) is 9.53. The smallest absolute Gasteiger partial charge is 0.356 e. The lowest BCUT2D eigenvalue weighted by molar-refractivity contribution is -0.137. The molecule has 1 heterocycles. The molecule has 1 amide bonds. The Morgan fingerprint density at radius 1 is 1.03 bits per heavy atom. The zero-order chi connectivity index (χ0) is 24.5. The fraction of sp³-hybridized carbons (Fsp3) is 0.0833. The number of amides is 1. The molecule has 1 N–H and O–H groups in total. The molecule has 34 heavy (non-hydrogen) atoms. The van der Waals surface area contributed by atoms with Gasteiger partial charge >= 0.3 is 5.97 Å². The Hall–Kier alpha value is -3.69. The van der Waals surface area contributed by atoms with E-state index >= 15 is 0 Å². The molecule has 4 rings (SSSR count). The van der Waals surface area contributed by atoms with Crippen molar-refractivity contribution in [1.29, 1.82) is 0 Å². The Morgan fingerprint density at radius 2 is 1.71 bits per heavy atom. The molecule has 0 radical (unpaired) electrons. The monoisotopic (exact) mass is 500 g/mol.